The Labute approximate surface area is 199 Å². The van der Waals surface area contributed by atoms with E-state index in [2.05, 4.69) is 5.32 Å². The van der Waals surface area contributed by atoms with Crippen molar-refractivity contribution in [3.8, 4) is 5.75 Å². The summed E-state index contributed by atoms with van der Waals surface area (Å²) in [4.78, 5) is 27.9. The van der Waals surface area contributed by atoms with Crippen LogP contribution in [0.1, 0.15) is 23.2 Å². The molecule has 0 spiro atoms. The molecule has 1 aliphatic rings. The molecule has 0 saturated carbocycles. The summed E-state index contributed by atoms with van der Waals surface area (Å²) in [6.45, 7) is -0.773. The first kappa shape index (κ1) is 23.9. The Hall–Kier alpha value is -3.26. The van der Waals surface area contributed by atoms with Gasteiger partial charge >= 0.3 is 6.18 Å². The highest BCUT2D eigenvalue weighted by atomic mass is 35.5. The third-order valence-electron chi connectivity index (χ3n) is 5.69. The van der Waals surface area contributed by atoms with Crippen LogP contribution in [0.25, 0.3) is 10.8 Å². The maximum absolute atomic E-state index is 13.3. The van der Waals surface area contributed by atoms with Crippen molar-refractivity contribution in [2.24, 2.45) is 5.92 Å². The second kappa shape index (κ2) is 9.93. The molecule has 3 aromatic rings. The predicted octanol–water partition coefficient (Wildman–Crippen LogP) is 5.93. The Morgan fingerprint density at radius 2 is 1.85 bits per heavy atom. The van der Waals surface area contributed by atoms with E-state index < -0.39 is 24.6 Å². The standard InChI is InChI=1S/C25H22ClF3N2O3/c26-18-10-11-22(34-15-25(27,28)29)21(13-18)30-23(32)17-7-4-12-31(14-17)24(33)20-9-3-6-16-5-1-2-8-19(16)20/h1-3,5-6,8-11,13,17H,4,7,12,14-15H2,(H,30,32). The minimum Gasteiger partial charge on any atom is -0.482 e. The Morgan fingerprint density at radius 3 is 2.65 bits per heavy atom. The van der Waals surface area contributed by atoms with Crippen molar-refractivity contribution in [2.75, 3.05) is 25.0 Å². The summed E-state index contributed by atoms with van der Waals surface area (Å²) in [5, 5.41) is 4.66. The highest BCUT2D eigenvalue weighted by Crippen LogP contribution is 2.31. The van der Waals surface area contributed by atoms with E-state index in [1.165, 1.54) is 18.2 Å². The molecular weight excluding hydrogens is 469 g/mol. The van der Waals surface area contributed by atoms with Crippen LogP contribution in [0.3, 0.4) is 0 Å². The highest BCUT2D eigenvalue weighted by molar-refractivity contribution is 6.31. The number of nitrogens with zero attached hydrogens (tertiary/aromatic N) is 1. The molecule has 3 aromatic carbocycles. The van der Waals surface area contributed by atoms with E-state index in [0.717, 1.165) is 10.8 Å². The number of halogens is 4. The lowest BCUT2D eigenvalue weighted by Gasteiger charge is -2.32. The lowest BCUT2D eigenvalue weighted by molar-refractivity contribution is -0.153. The van der Waals surface area contributed by atoms with Crippen molar-refractivity contribution < 1.29 is 27.5 Å². The quantitative estimate of drug-likeness (QED) is 0.482. The fourth-order valence-electron chi connectivity index (χ4n) is 4.08. The summed E-state index contributed by atoms with van der Waals surface area (Å²) in [6, 6.07) is 17.1. The number of fused-ring (bicyclic) bond motifs is 1. The summed E-state index contributed by atoms with van der Waals surface area (Å²) < 4.78 is 42.6. The van der Waals surface area contributed by atoms with Crippen molar-refractivity contribution in [3.63, 3.8) is 0 Å². The van der Waals surface area contributed by atoms with Crippen LogP contribution in [0.5, 0.6) is 5.75 Å². The first-order valence-corrected chi connectivity index (χ1v) is 11.2. The first-order valence-electron chi connectivity index (χ1n) is 10.8. The van der Waals surface area contributed by atoms with Crippen molar-refractivity contribution >= 4 is 39.9 Å². The van der Waals surface area contributed by atoms with Crippen LogP contribution in [-0.2, 0) is 4.79 Å². The summed E-state index contributed by atoms with van der Waals surface area (Å²) in [7, 11) is 0. The molecule has 0 aromatic heterocycles. The van der Waals surface area contributed by atoms with E-state index in [1.807, 2.05) is 36.4 Å². The van der Waals surface area contributed by atoms with Crippen LogP contribution < -0.4 is 10.1 Å². The lowest BCUT2D eigenvalue weighted by Crippen LogP contribution is -2.43. The summed E-state index contributed by atoms with van der Waals surface area (Å²) in [5.74, 6) is -1.22. The molecule has 2 amide bonds. The number of hydrogen-bond donors (Lipinski definition) is 1. The smallest absolute Gasteiger partial charge is 0.422 e. The van der Waals surface area contributed by atoms with E-state index in [0.29, 0.717) is 24.9 Å². The molecule has 178 valence electrons. The second-order valence-corrected chi connectivity index (χ2v) is 8.59. The van der Waals surface area contributed by atoms with E-state index in [-0.39, 0.29) is 28.9 Å². The number of carbonyl (C=O) groups is 2. The molecule has 1 atom stereocenters. The van der Waals surface area contributed by atoms with Crippen molar-refractivity contribution in [1.29, 1.82) is 0 Å². The fourth-order valence-corrected chi connectivity index (χ4v) is 4.25. The number of rotatable bonds is 5. The Balaban J connectivity index is 1.48. The Morgan fingerprint density at radius 1 is 1.09 bits per heavy atom. The van der Waals surface area contributed by atoms with Crippen LogP contribution in [0.4, 0.5) is 18.9 Å². The van der Waals surface area contributed by atoms with Gasteiger partial charge in [0.2, 0.25) is 5.91 Å². The van der Waals surface area contributed by atoms with Gasteiger partial charge in [-0.1, -0.05) is 48.0 Å². The van der Waals surface area contributed by atoms with Gasteiger partial charge in [-0.15, -0.1) is 0 Å². The number of benzene rings is 3. The normalized spacial score (nSPS) is 16.4. The number of carbonyl (C=O) groups excluding carboxylic acids is 2. The van der Waals surface area contributed by atoms with Gasteiger partial charge < -0.3 is 15.0 Å². The number of hydrogen-bond acceptors (Lipinski definition) is 3. The molecule has 0 aliphatic carbocycles. The summed E-state index contributed by atoms with van der Waals surface area (Å²) >= 11 is 5.97. The lowest BCUT2D eigenvalue weighted by atomic mass is 9.95. The maximum Gasteiger partial charge on any atom is 0.422 e. The zero-order valence-electron chi connectivity index (χ0n) is 18.1. The van der Waals surface area contributed by atoms with E-state index >= 15 is 0 Å². The minimum absolute atomic E-state index is 0.0549. The molecule has 1 saturated heterocycles. The molecular formula is C25H22ClF3N2O3. The van der Waals surface area contributed by atoms with E-state index in [9.17, 15) is 22.8 Å². The molecule has 34 heavy (non-hydrogen) atoms. The van der Waals surface area contributed by atoms with Gasteiger partial charge in [-0.25, -0.2) is 0 Å². The molecule has 1 N–H and O–H groups in total. The number of nitrogens with one attached hydrogen (secondary N) is 1. The number of ether oxygens (including phenoxy) is 1. The molecule has 5 nitrogen and oxygen atoms in total. The van der Waals surface area contributed by atoms with Crippen molar-refractivity contribution in [3.05, 3.63) is 71.2 Å². The first-order chi connectivity index (χ1) is 16.2. The monoisotopic (exact) mass is 490 g/mol. The van der Waals surface area contributed by atoms with Crippen LogP contribution in [0.2, 0.25) is 5.02 Å². The van der Waals surface area contributed by atoms with Gasteiger partial charge in [0, 0.05) is 23.7 Å². The van der Waals surface area contributed by atoms with Crippen molar-refractivity contribution in [2.45, 2.75) is 19.0 Å². The Bertz CT molecular complexity index is 1210. The predicted molar refractivity (Wildman–Crippen MR) is 124 cm³/mol. The Kier molecular flexibility index (Phi) is 6.97. The number of likely N-dealkylation sites (tertiary alicyclic amines) is 1. The van der Waals surface area contributed by atoms with Gasteiger partial charge in [0.15, 0.2) is 6.61 Å². The van der Waals surface area contributed by atoms with Gasteiger partial charge in [0.1, 0.15) is 5.75 Å². The zero-order valence-corrected chi connectivity index (χ0v) is 18.8. The van der Waals surface area contributed by atoms with Crippen LogP contribution >= 0.6 is 11.6 Å². The zero-order chi connectivity index (χ0) is 24.3. The average Bonchev–Trinajstić information content (AvgIpc) is 2.82. The molecule has 1 heterocycles. The third-order valence-corrected chi connectivity index (χ3v) is 5.93. The average molecular weight is 491 g/mol. The SMILES string of the molecule is O=C(Nc1cc(Cl)ccc1OCC(F)(F)F)C1CCCN(C(=O)c2cccc3ccccc23)C1. The van der Waals surface area contributed by atoms with Crippen molar-refractivity contribution in [1.82, 2.24) is 4.90 Å². The van der Waals surface area contributed by atoms with Crippen LogP contribution in [-0.4, -0.2) is 42.6 Å². The largest absolute Gasteiger partial charge is 0.482 e. The molecule has 1 aliphatic heterocycles. The van der Waals surface area contributed by atoms with E-state index in [1.54, 1.807) is 11.0 Å². The highest BCUT2D eigenvalue weighted by Gasteiger charge is 2.31. The molecule has 0 radical (unpaired) electrons. The molecule has 1 fully saturated rings. The van der Waals surface area contributed by atoms with Crippen LogP contribution in [0, 0.1) is 5.92 Å². The third kappa shape index (κ3) is 5.62. The second-order valence-electron chi connectivity index (χ2n) is 8.15. The van der Waals surface area contributed by atoms with E-state index in [4.69, 9.17) is 16.3 Å². The summed E-state index contributed by atoms with van der Waals surface area (Å²) in [6.07, 6.45) is -3.35. The fraction of sp³-hybridized carbons (Fsp3) is 0.280. The molecule has 9 heteroatoms. The minimum atomic E-state index is -4.52. The number of alkyl halides is 3. The number of amides is 2. The molecule has 0 bridgehead atoms. The molecule has 1 unspecified atom stereocenters. The topological polar surface area (TPSA) is 58.6 Å². The van der Waals surface area contributed by atoms with Gasteiger partial charge in [0.25, 0.3) is 5.91 Å². The van der Waals surface area contributed by atoms with Gasteiger partial charge in [-0.05, 0) is 47.9 Å². The number of anilines is 1. The van der Waals surface area contributed by atoms with Gasteiger partial charge in [-0.3, -0.25) is 9.59 Å². The van der Waals surface area contributed by atoms with Crippen LogP contribution in [0.15, 0.2) is 60.7 Å². The van der Waals surface area contributed by atoms with Gasteiger partial charge in [-0.2, -0.15) is 13.2 Å². The molecule has 4 rings (SSSR count). The maximum atomic E-state index is 13.3. The summed E-state index contributed by atoms with van der Waals surface area (Å²) in [5.41, 5.74) is 0.621. The van der Waals surface area contributed by atoms with Gasteiger partial charge in [0.05, 0.1) is 11.6 Å². The number of piperidine rings is 1.